The summed E-state index contributed by atoms with van der Waals surface area (Å²) in [6, 6.07) is 0. The smallest absolute Gasteiger partial charge is 0.333 e. The van der Waals surface area contributed by atoms with Crippen molar-refractivity contribution in [2.45, 2.75) is 6.92 Å². The molecule has 3 nitrogen and oxygen atoms in total. The number of carbonyl (C=O) groups is 1. The van der Waals surface area contributed by atoms with E-state index in [1.54, 1.807) is 6.92 Å². The van der Waals surface area contributed by atoms with Crippen molar-refractivity contribution in [2.24, 2.45) is 0 Å². The van der Waals surface area contributed by atoms with E-state index in [2.05, 4.69) is 4.74 Å². The topological polar surface area (TPSA) is 35.5 Å². The Balaban J connectivity index is 3.77. The summed E-state index contributed by atoms with van der Waals surface area (Å²) in [5.74, 6) is 0.134. The standard InChI is InChI=1S/C5H7IO3S/c1-4(9-10-6)3-5(7)8-2/h3H,1-2H3/b4-3-. The van der Waals surface area contributed by atoms with Crippen molar-refractivity contribution >= 4 is 36.4 Å². The van der Waals surface area contributed by atoms with E-state index in [0.717, 1.165) is 9.21 Å². The Labute approximate surface area is 75.9 Å². The summed E-state index contributed by atoms with van der Waals surface area (Å²) in [7, 11) is 2.48. The molecule has 5 heteroatoms. The van der Waals surface area contributed by atoms with Gasteiger partial charge >= 0.3 is 5.97 Å². The SMILES string of the molecule is COC(=O)/C=C(/C)OSI. The van der Waals surface area contributed by atoms with Gasteiger partial charge in [-0.1, -0.05) is 0 Å². The van der Waals surface area contributed by atoms with E-state index < -0.39 is 5.97 Å². The summed E-state index contributed by atoms with van der Waals surface area (Å²) in [4.78, 5) is 10.5. The molecule has 10 heavy (non-hydrogen) atoms. The first kappa shape index (κ1) is 10.1. The molecule has 0 saturated carbocycles. The molecule has 0 aliphatic heterocycles. The lowest BCUT2D eigenvalue weighted by Gasteiger charge is -1.96. The van der Waals surface area contributed by atoms with E-state index in [1.807, 2.05) is 21.2 Å². The van der Waals surface area contributed by atoms with Crippen LogP contribution in [0, 0.1) is 0 Å². The van der Waals surface area contributed by atoms with Gasteiger partial charge in [0.1, 0.15) is 15.0 Å². The van der Waals surface area contributed by atoms with Gasteiger partial charge in [-0.05, 0) is 6.92 Å². The minimum Gasteiger partial charge on any atom is -0.466 e. The highest BCUT2D eigenvalue weighted by molar-refractivity contribution is 14.2. The zero-order valence-electron chi connectivity index (χ0n) is 5.59. The molecule has 0 rings (SSSR count). The van der Waals surface area contributed by atoms with Crippen LogP contribution < -0.4 is 0 Å². The number of ether oxygens (including phenoxy) is 1. The first-order chi connectivity index (χ1) is 4.70. The largest absolute Gasteiger partial charge is 0.466 e. The third-order valence-electron chi connectivity index (χ3n) is 0.685. The minimum atomic E-state index is -0.400. The molecule has 0 unspecified atom stereocenters. The lowest BCUT2D eigenvalue weighted by atomic mass is 10.5. The number of methoxy groups -OCH3 is 1. The van der Waals surface area contributed by atoms with E-state index in [4.69, 9.17) is 4.18 Å². The molecule has 0 aromatic heterocycles. The van der Waals surface area contributed by atoms with E-state index >= 15 is 0 Å². The molecule has 0 aliphatic rings. The van der Waals surface area contributed by atoms with E-state index in [-0.39, 0.29) is 0 Å². The third kappa shape index (κ3) is 4.92. The highest BCUT2D eigenvalue weighted by Gasteiger charge is 1.96. The van der Waals surface area contributed by atoms with Gasteiger partial charge in [0.05, 0.1) is 13.2 Å². The Morgan fingerprint density at radius 2 is 2.30 bits per heavy atom. The van der Waals surface area contributed by atoms with Crippen LogP contribution in [-0.4, -0.2) is 13.1 Å². The maximum absolute atomic E-state index is 10.5. The molecular formula is C5H7IO3S. The van der Waals surface area contributed by atoms with Gasteiger partial charge in [0.25, 0.3) is 0 Å². The van der Waals surface area contributed by atoms with E-state index in [0.29, 0.717) is 5.76 Å². The summed E-state index contributed by atoms with van der Waals surface area (Å²) in [6.45, 7) is 1.68. The number of halogens is 1. The molecule has 0 aromatic rings. The average Bonchev–Trinajstić information content (AvgIpc) is 1.88. The van der Waals surface area contributed by atoms with Crippen molar-refractivity contribution in [3.05, 3.63) is 11.8 Å². The van der Waals surface area contributed by atoms with Crippen LogP contribution in [0.1, 0.15) is 6.92 Å². The van der Waals surface area contributed by atoms with Gasteiger partial charge < -0.3 is 8.92 Å². The number of hydrogen-bond donors (Lipinski definition) is 0. The first-order valence-corrected chi connectivity index (χ1v) is 5.70. The Kier molecular flexibility index (Phi) is 5.90. The Morgan fingerprint density at radius 1 is 1.70 bits per heavy atom. The molecule has 0 fully saturated rings. The molecule has 0 radical (unpaired) electrons. The van der Waals surface area contributed by atoms with Crippen molar-refractivity contribution in [1.29, 1.82) is 0 Å². The van der Waals surface area contributed by atoms with Gasteiger partial charge in [0.2, 0.25) is 0 Å². The van der Waals surface area contributed by atoms with Gasteiger partial charge in [-0.3, -0.25) is 0 Å². The van der Waals surface area contributed by atoms with Crippen LogP contribution in [0.2, 0.25) is 0 Å². The summed E-state index contributed by atoms with van der Waals surface area (Å²) in [5, 5.41) is 0. The van der Waals surface area contributed by atoms with Crippen molar-refractivity contribution in [1.82, 2.24) is 0 Å². The zero-order valence-corrected chi connectivity index (χ0v) is 8.56. The van der Waals surface area contributed by atoms with Gasteiger partial charge in [0.15, 0.2) is 0 Å². The highest BCUT2D eigenvalue weighted by atomic mass is 127. The second-order valence-electron chi connectivity index (χ2n) is 1.42. The van der Waals surface area contributed by atoms with Crippen LogP contribution in [0.15, 0.2) is 11.8 Å². The van der Waals surface area contributed by atoms with Crippen LogP contribution in [0.4, 0.5) is 0 Å². The van der Waals surface area contributed by atoms with E-state index in [9.17, 15) is 4.79 Å². The van der Waals surface area contributed by atoms with Crippen molar-refractivity contribution < 1.29 is 13.7 Å². The van der Waals surface area contributed by atoms with Gasteiger partial charge in [-0.2, -0.15) is 0 Å². The number of esters is 1. The zero-order chi connectivity index (χ0) is 7.98. The molecule has 0 spiro atoms. The quantitative estimate of drug-likeness (QED) is 0.259. The normalized spacial score (nSPS) is 10.9. The molecule has 0 atom stereocenters. The monoisotopic (exact) mass is 274 g/mol. The van der Waals surface area contributed by atoms with Crippen LogP contribution in [-0.2, 0) is 13.7 Å². The average molecular weight is 274 g/mol. The second-order valence-corrected chi connectivity index (χ2v) is 2.80. The number of rotatable bonds is 3. The molecule has 0 N–H and O–H groups in total. The fourth-order valence-corrected chi connectivity index (χ4v) is 1.30. The van der Waals surface area contributed by atoms with E-state index in [1.165, 1.54) is 13.2 Å². The molecule has 0 bridgehead atoms. The predicted molar refractivity (Wildman–Crippen MR) is 48.5 cm³/mol. The molecule has 0 heterocycles. The fraction of sp³-hybridized carbons (Fsp3) is 0.400. The summed E-state index contributed by atoms with van der Waals surface area (Å²) >= 11 is 1.96. The lowest BCUT2D eigenvalue weighted by Crippen LogP contribution is -1.95. The number of allylic oxidation sites excluding steroid dienone is 1. The van der Waals surface area contributed by atoms with Crippen LogP contribution >= 0.6 is 30.4 Å². The molecule has 58 valence electrons. The molecule has 0 amide bonds. The van der Waals surface area contributed by atoms with Gasteiger partial charge in [0, 0.05) is 21.2 Å². The Hall–Kier alpha value is 0.0900. The van der Waals surface area contributed by atoms with Crippen molar-refractivity contribution in [3.8, 4) is 0 Å². The number of carbonyl (C=O) groups excluding carboxylic acids is 1. The summed E-state index contributed by atoms with van der Waals surface area (Å²) in [6.07, 6.45) is 1.28. The molecule has 0 aliphatic carbocycles. The maximum atomic E-state index is 10.5. The predicted octanol–water partition coefficient (Wildman–Crippen LogP) is 2.08. The number of hydrogen-bond acceptors (Lipinski definition) is 4. The molecule has 0 aromatic carbocycles. The minimum absolute atomic E-state index is 0.400. The van der Waals surface area contributed by atoms with Crippen LogP contribution in [0.3, 0.4) is 0 Å². The van der Waals surface area contributed by atoms with Crippen LogP contribution in [0.25, 0.3) is 0 Å². The lowest BCUT2D eigenvalue weighted by molar-refractivity contribution is -0.135. The first-order valence-electron chi connectivity index (χ1n) is 2.42. The fourth-order valence-electron chi connectivity index (χ4n) is 0.299. The van der Waals surface area contributed by atoms with Crippen molar-refractivity contribution in [2.75, 3.05) is 7.11 Å². The van der Waals surface area contributed by atoms with Crippen LogP contribution in [0.5, 0.6) is 0 Å². The third-order valence-corrected chi connectivity index (χ3v) is 1.55. The summed E-state index contributed by atoms with van der Waals surface area (Å²) in [5.41, 5.74) is 0. The van der Waals surface area contributed by atoms with Crippen molar-refractivity contribution in [3.63, 3.8) is 0 Å². The highest BCUT2D eigenvalue weighted by Crippen LogP contribution is 2.17. The Morgan fingerprint density at radius 3 is 2.70 bits per heavy atom. The molecular weight excluding hydrogens is 267 g/mol. The second kappa shape index (κ2) is 5.84. The van der Waals surface area contributed by atoms with Gasteiger partial charge in [-0.15, -0.1) is 0 Å². The van der Waals surface area contributed by atoms with Gasteiger partial charge in [-0.25, -0.2) is 4.79 Å². The molecule has 0 saturated heterocycles. The maximum Gasteiger partial charge on any atom is 0.333 e. The summed E-state index contributed by atoms with van der Waals surface area (Å²) < 4.78 is 9.24. The Bertz CT molecular complexity index is 146.